The number of rotatable bonds is 12. The summed E-state index contributed by atoms with van der Waals surface area (Å²) in [5.41, 5.74) is 3.72. The minimum Gasteiger partial charge on any atom is -0.496 e. The summed E-state index contributed by atoms with van der Waals surface area (Å²) in [5.74, 6) is 1.17. The second kappa shape index (κ2) is 15.2. The van der Waals surface area contributed by atoms with E-state index in [1.54, 1.807) is 31.6 Å². The highest BCUT2D eigenvalue weighted by molar-refractivity contribution is 7.07. The molecule has 0 fully saturated rings. The molecule has 256 valence electrons. The normalized spacial score (nSPS) is 14.3. The molecule has 1 aromatic heterocycles. The Labute approximate surface area is 299 Å². The molecule has 1 aliphatic rings. The van der Waals surface area contributed by atoms with Gasteiger partial charge in [0.25, 0.3) is 5.56 Å². The number of halogens is 1. The Morgan fingerprint density at radius 2 is 1.80 bits per heavy atom. The molecule has 4 aromatic carbocycles. The van der Waals surface area contributed by atoms with Gasteiger partial charge in [0.1, 0.15) is 18.4 Å². The first-order chi connectivity index (χ1) is 24.3. The average molecular weight is 709 g/mol. The fourth-order valence-corrected chi connectivity index (χ4v) is 7.36. The zero-order chi connectivity index (χ0) is 35.4. The first kappa shape index (κ1) is 34.7. The van der Waals surface area contributed by atoms with E-state index in [9.17, 15) is 9.59 Å². The van der Waals surface area contributed by atoms with Gasteiger partial charge in [-0.1, -0.05) is 71.5 Å². The van der Waals surface area contributed by atoms with Gasteiger partial charge >= 0.3 is 5.97 Å². The number of hydrogen-bond donors (Lipinski definition) is 0. The van der Waals surface area contributed by atoms with Gasteiger partial charge in [-0.15, -0.1) is 6.58 Å². The summed E-state index contributed by atoms with van der Waals surface area (Å²) in [6.07, 6.45) is 4.14. The standard InChI is InChI=1S/C40H37ClN2O6S/c1-6-11-28-20-26(21-32(47-7-2)37(28)49-23-25-14-17-29(41)18-15-25)22-33-38(44)43-36(34(39(45)48-8-3)24(4)42-40(43)50-33)35-30-13-10-9-12-27(30)16-19-31(35)46-5/h6,9-10,12-22,36H,1,7-8,11,23H2,2-5H3/b33-22+/t36-/m1/s1. The summed E-state index contributed by atoms with van der Waals surface area (Å²) in [5, 5.41) is 2.45. The highest BCUT2D eigenvalue weighted by Crippen LogP contribution is 2.40. The molecule has 0 aliphatic carbocycles. The lowest BCUT2D eigenvalue weighted by Crippen LogP contribution is -2.40. The maximum absolute atomic E-state index is 14.5. The molecule has 5 aromatic rings. The van der Waals surface area contributed by atoms with Crippen LogP contribution in [0.4, 0.5) is 0 Å². The van der Waals surface area contributed by atoms with Gasteiger partial charge in [-0.3, -0.25) is 9.36 Å². The molecule has 1 aliphatic heterocycles. The van der Waals surface area contributed by atoms with Crippen molar-refractivity contribution in [3.05, 3.63) is 144 Å². The van der Waals surface area contributed by atoms with E-state index >= 15 is 0 Å². The van der Waals surface area contributed by atoms with Crippen LogP contribution < -0.4 is 29.1 Å². The van der Waals surface area contributed by atoms with Gasteiger partial charge in [-0.25, -0.2) is 9.79 Å². The van der Waals surface area contributed by atoms with Crippen molar-refractivity contribution in [3.8, 4) is 17.2 Å². The smallest absolute Gasteiger partial charge is 0.338 e. The summed E-state index contributed by atoms with van der Waals surface area (Å²) >= 11 is 7.33. The van der Waals surface area contributed by atoms with Crippen LogP contribution in [0.25, 0.3) is 16.8 Å². The first-order valence-electron chi connectivity index (χ1n) is 16.3. The van der Waals surface area contributed by atoms with Gasteiger partial charge in [0.15, 0.2) is 16.3 Å². The summed E-state index contributed by atoms with van der Waals surface area (Å²) in [7, 11) is 1.58. The van der Waals surface area contributed by atoms with Gasteiger partial charge in [-0.2, -0.15) is 0 Å². The van der Waals surface area contributed by atoms with Crippen LogP contribution in [0.2, 0.25) is 5.02 Å². The number of carbonyl (C=O) groups is 1. The Kier molecular flexibility index (Phi) is 10.6. The van der Waals surface area contributed by atoms with Crippen LogP contribution in [0.1, 0.15) is 49.1 Å². The van der Waals surface area contributed by atoms with E-state index in [1.165, 1.54) is 11.3 Å². The molecule has 0 saturated heterocycles. The molecule has 8 nitrogen and oxygen atoms in total. The van der Waals surface area contributed by atoms with Crippen molar-refractivity contribution in [2.24, 2.45) is 4.99 Å². The monoisotopic (exact) mass is 708 g/mol. The van der Waals surface area contributed by atoms with Crippen molar-refractivity contribution in [1.82, 2.24) is 4.57 Å². The number of thiazole rings is 1. The molecule has 50 heavy (non-hydrogen) atoms. The zero-order valence-electron chi connectivity index (χ0n) is 28.3. The van der Waals surface area contributed by atoms with Crippen LogP contribution in [0, 0.1) is 0 Å². The molecule has 1 atom stereocenters. The van der Waals surface area contributed by atoms with E-state index in [-0.39, 0.29) is 17.7 Å². The highest BCUT2D eigenvalue weighted by atomic mass is 35.5. The number of nitrogens with zero attached hydrogens (tertiary/aromatic N) is 2. The Morgan fingerprint density at radius 3 is 2.52 bits per heavy atom. The zero-order valence-corrected chi connectivity index (χ0v) is 29.9. The van der Waals surface area contributed by atoms with E-state index in [4.69, 9.17) is 35.5 Å². The molecule has 2 heterocycles. The van der Waals surface area contributed by atoms with Crippen LogP contribution in [-0.2, 0) is 22.6 Å². The third-order valence-electron chi connectivity index (χ3n) is 8.35. The van der Waals surface area contributed by atoms with Gasteiger partial charge < -0.3 is 18.9 Å². The minimum absolute atomic E-state index is 0.175. The molecular formula is C40H37ClN2O6S. The van der Waals surface area contributed by atoms with E-state index in [2.05, 4.69) is 6.58 Å². The fourth-order valence-electron chi connectivity index (χ4n) is 6.19. The quantitative estimate of drug-likeness (QED) is 0.0998. The molecule has 0 saturated carbocycles. The van der Waals surface area contributed by atoms with Crippen molar-refractivity contribution in [2.45, 2.75) is 39.8 Å². The maximum Gasteiger partial charge on any atom is 0.338 e. The van der Waals surface area contributed by atoms with Crippen LogP contribution in [0.3, 0.4) is 0 Å². The van der Waals surface area contributed by atoms with Crippen LogP contribution >= 0.6 is 22.9 Å². The molecule has 0 amide bonds. The second-order valence-corrected chi connectivity index (χ2v) is 13.0. The van der Waals surface area contributed by atoms with E-state index in [0.29, 0.717) is 62.5 Å². The van der Waals surface area contributed by atoms with Crippen LogP contribution in [-0.4, -0.2) is 30.9 Å². The number of methoxy groups -OCH3 is 1. The van der Waals surface area contributed by atoms with Gasteiger partial charge in [0.2, 0.25) is 0 Å². The topological polar surface area (TPSA) is 88.4 Å². The second-order valence-electron chi connectivity index (χ2n) is 11.6. The lowest BCUT2D eigenvalue weighted by atomic mass is 9.90. The summed E-state index contributed by atoms with van der Waals surface area (Å²) < 4.78 is 25.8. The van der Waals surface area contributed by atoms with Crippen molar-refractivity contribution < 1.29 is 23.7 Å². The van der Waals surface area contributed by atoms with Crippen LogP contribution in [0.15, 0.2) is 107 Å². The number of esters is 1. The Balaban J connectivity index is 1.52. The molecular weight excluding hydrogens is 672 g/mol. The third-order valence-corrected chi connectivity index (χ3v) is 9.59. The maximum atomic E-state index is 14.5. The number of carbonyl (C=O) groups excluding carboxylic acids is 1. The predicted molar refractivity (Wildman–Crippen MR) is 198 cm³/mol. The van der Waals surface area contributed by atoms with Gasteiger partial charge in [0.05, 0.1) is 36.1 Å². The van der Waals surface area contributed by atoms with Crippen molar-refractivity contribution >= 4 is 45.8 Å². The van der Waals surface area contributed by atoms with E-state index in [1.807, 2.05) is 85.8 Å². The lowest BCUT2D eigenvalue weighted by molar-refractivity contribution is -0.139. The molecule has 0 spiro atoms. The number of hydrogen-bond acceptors (Lipinski definition) is 8. The summed E-state index contributed by atoms with van der Waals surface area (Å²) in [6.45, 7) is 10.3. The van der Waals surface area contributed by atoms with Crippen LogP contribution in [0.5, 0.6) is 17.2 Å². The van der Waals surface area contributed by atoms with E-state index in [0.717, 1.165) is 27.5 Å². The summed E-state index contributed by atoms with van der Waals surface area (Å²) in [6, 6.07) is 22.1. The fraction of sp³-hybridized carbons (Fsp3) is 0.225. The van der Waals surface area contributed by atoms with Crippen molar-refractivity contribution in [2.75, 3.05) is 20.3 Å². The first-order valence-corrected chi connectivity index (χ1v) is 17.5. The number of aromatic nitrogens is 1. The van der Waals surface area contributed by atoms with Gasteiger partial charge in [0, 0.05) is 16.1 Å². The number of benzene rings is 4. The lowest BCUT2D eigenvalue weighted by Gasteiger charge is -2.27. The van der Waals surface area contributed by atoms with Crippen molar-refractivity contribution in [3.63, 3.8) is 0 Å². The van der Waals surface area contributed by atoms with E-state index < -0.39 is 12.0 Å². The molecule has 0 N–H and O–H groups in total. The predicted octanol–water partition coefficient (Wildman–Crippen LogP) is 7.32. The Hall–Kier alpha value is -5.12. The highest BCUT2D eigenvalue weighted by Gasteiger charge is 2.36. The van der Waals surface area contributed by atoms with Crippen molar-refractivity contribution in [1.29, 1.82) is 0 Å². The van der Waals surface area contributed by atoms with Gasteiger partial charge in [-0.05, 0) is 85.5 Å². The third kappa shape index (κ3) is 6.84. The largest absolute Gasteiger partial charge is 0.496 e. The Bertz CT molecular complexity index is 2310. The molecule has 10 heteroatoms. The number of allylic oxidation sites excluding steroid dienone is 2. The average Bonchev–Trinajstić information content (AvgIpc) is 3.41. The molecule has 6 rings (SSSR count). The molecule has 0 unspecified atom stereocenters. The summed E-state index contributed by atoms with van der Waals surface area (Å²) in [4.78, 5) is 33.4. The SMILES string of the molecule is C=CCc1cc(/C=c2/sc3n(c2=O)[C@@H](c2c(OC)ccc4ccccc24)C(C(=O)OCC)=C(C)N=3)cc(OCC)c1OCc1ccc(Cl)cc1. The number of fused-ring (bicyclic) bond motifs is 2. The molecule has 0 bridgehead atoms. The Morgan fingerprint density at radius 1 is 1.02 bits per heavy atom. The molecule has 0 radical (unpaired) electrons. The number of ether oxygens (including phenoxy) is 4. The minimum atomic E-state index is -0.840.